The van der Waals surface area contributed by atoms with Crippen molar-refractivity contribution < 1.29 is 0 Å². The molecule has 0 aliphatic heterocycles. The smallest absolute Gasteiger partial charge is 0.145 e. The number of hydrogen-bond donors (Lipinski definition) is 0. The monoisotopic (exact) mass is 346 g/mol. The molecular formula is C25H18N2. The van der Waals surface area contributed by atoms with E-state index in [0.29, 0.717) is 0 Å². The molecule has 0 N–H and O–H groups in total. The maximum Gasteiger partial charge on any atom is 0.145 e. The van der Waals surface area contributed by atoms with Gasteiger partial charge in [-0.3, -0.25) is 4.57 Å². The number of benzene rings is 4. The molecule has 4 aromatic carbocycles. The quantitative estimate of drug-likeness (QED) is 0.372. The van der Waals surface area contributed by atoms with Crippen LogP contribution in [0, 0.1) is 0 Å². The number of aromatic nitrogens is 2. The summed E-state index contributed by atoms with van der Waals surface area (Å²) in [5.74, 6) is 0.959. The molecule has 2 heteroatoms. The molecule has 2 nitrogen and oxygen atoms in total. The summed E-state index contributed by atoms with van der Waals surface area (Å²) in [6, 6.07) is 37.7. The van der Waals surface area contributed by atoms with Gasteiger partial charge in [-0.15, -0.1) is 0 Å². The first-order valence-corrected chi connectivity index (χ1v) is 9.09. The van der Waals surface area contributed by atoms with Crippen LogP contribution in [-0.4, -0.2) is 9.55 Å². The number of para-hydroxylation sites is 3. The molecule has 0 bridgehead atoms. The lowest BCUT2D eigenvalue weighted by Gasteiger charge is -2.15. The fourth-order valence-electron chi connectivity index (χ4n) is 3.58. The molecule has 0 unspecified atom stereocenters. The van der Waals surface area contributed by atoms with Crippen LogP contribution < -0.4 is 0 Å². The standard InChI is InChI=1S/C25H18N2/c1-3-11-19(12-4-1)21-15-7-9-17-23(21)27-24-18-10-8-16-22(24)26-25(27)20-13-5-2-6-14-20/h1-18H. The van der Waals surface area contributed by atoms with Gasteiger partial charge in [0.15, 0.2) is 0 Å². The molecule has 0 amide bonds. The summed E-state index contributed by atoms with van der Waals surface area (Å²) in [4.78, 5) is 4.96. The van der Waals surface area contributed by atoms with E-state index < -0.39 is 0 Å². The van der Waals surface area contributed by atoms with Crippen LogP contribution in [-0.2, 0) is 0 Å². The molecule has 1 heterocycles. The first-order valence-electron chi connectivity index (χ1n) is 9.09. The molecule has 0 radical (unpaired) electrons. The Morgan fingerprint density at radius 2 is 1.11 bits per heavy atom. The number of hydrogen-bond acceptors (Lipinski definition) is 1. The van der Waals surface area contributed by atoms with Crippen LogP contribution in [0.15, 0.2) is 109 Å². The lowest BCUT2D eigenvalue weighted by Crippen LogP contribution is -2.00. The van der Waals surface area contributed by atoms with Gasteiger partial charge in [0, 0.05) is 11.1 Å². The van der Waals surface area contributed by atoms with Crippen molar-refractivity contribution in [2.45, 2.75) is 0 Å². The van der Waals surface area contributed by atoms with Crippen molar-refractivity contribution in [1.29, 1.82) is 0 Å². The van der Waals surface area contributed by atoms with Crippen molar-refractivity contribution in [1.82, 2.24) is 9.55 Å². The van der Waals surface area contributed by atoms with Gasteiger partial charge in [0.1, 0.15) is 5.82 Å². The second-order valence-corrected chi connectivity index (χ2v) is 6.51. The van der Waals surface area contributed by atoms with Crippen molar-refractivity contribution >= 4 is 11.0 Å². The van der Waals surface area contributed by atoms with E-state index in [-0.39, 0.29) is 0 Å². The van der Waals surface area contributed by atoms with Gasteiger partial charge in [-0.25, -0.2) is 4.98 Å². The first kappa shape index (κ1) is 15.6. The topological polar surface area (TPSA) is 17.8 Å². The van der Waals surface area contributed by atoms with Gasteiger partial charge in [-0.2, -0.15) is 0 Å². The van der Waals surface area contributed by atoms with Crippen molar-refractivity contribution in [3.63, 3.8) is 0 Å². The highest BCUT2D eigenvalue weighted by Crippen LogP contribution is 2.33. The van der Waals surface area contributed by atoms with Crippen LogP contribution in [0.2, 0.25) is 0 Å². The highest BCUT2D eigenvalue weighted by molar-refractivity contribution is 5.86. The Balaban J connectivity index is 1.85. The number of nitrogens with zero attached hydrogens (tertiary/aromatic N) is 2. The number of imidazole rings is 1. The Labute approximate surface area is 158 Å². The van der Waals surface area contributed by atoms with Crippen LogP contribution in [0.3, 0.4) is 0 Å². The van der Waals surface area contributed by atoms with Crippen molar-refractivity contribution in [2.75, 3.05) is 0 Å². The molecule has 0 aliphatic rings. The summed E-state index contributed by atoms with van der Waals surface area (Å²) in [6.07, 6.45) is 0. The minimum atomic E-state index is 0.959. The summed E-state index contributed by atoms with van der Waals surface area (Å²) in [7, 11) is 0. The zero-order valence-electron chi connectivity index (χ0n) is 14.8. The summed E-state index contributed by atoms with van der Waals surface area (Å²) >= 11 is 0. The number of rotatable bonds is 3. The molecular weight excluding hydrogens is 328 g/mol. The second-order valence-electron chi connectivity index (χ2n) is 6.51. The maximum absolute atomic E-state index is 4.96. The van der Waals surface area contributed by atoms with Crippen LogP contribution in [0.1, 0.15) is 0 Å². The first-order chi connectivity index (χ1) is 13.4. The Morgan fingerprint density at radius 3 is 1.89 bits per heavy atom. The fraction of sp³-hybridized carbons (Fsp3) is 0. The molecule has 0 fully saturated rings. The van der Waals surface area contributed by atoms with Gasteiger partial charge in [-0.05, 0) is 23.8 Å². The average Bonchev–Trinajstić information content (AvgIpc) is 3.14. The van der Waals surface area contributed by atoms with E-state index in [2.05, 4.69) is 95.6 Å². The molecule has 128 valence electrons. The zero-order valence-corrected chi connectivity index (χ0v) is 14.8. The summed E-state index contributed by atoms with van der Waals surface area (Å²) in [5, 5.41) is 0. The summed E-state index contributed by atoms with van der Waals surface area (Å²) < 4.78 is 2.27. The zero-order chi connectivity index (χ0) is 18.1. The van der Waals surface area contributed by atoms with Gasteiger partial charge in [0.05, 0.1) is 16.7 Å². The second kappa shape index (κ2) is 6.58. The fourth-order valence-corrected chi connectivity index (χ4v) is 3.58. The third kappa shape index (κ3) is 2.72. The van der Waals surface area contributed by atoms with Crippen molar-refractivity contribution in [3.8, 4) is 28.2 Å². The van der Waals surface area contributed by atoms with Crippen LogP contribution in [0.25, 0.3) is 39.2 Å². The minimum Gasteiger partial charge on any atom is -0.292 e. The highest BCUT2D eigenvalue weighted by atomic mass is 15.1. The molecule has 27 heavy (non-hydrogen) atoms. The molecule has 0 aliphatic carbocycles. The van der Waals surface area contributed by atoms with E-state index in [9.17, 15) is 0 Å². The number of fused-ring (bicyclic) bond motifs is 1. The maximum atomic E-state index is 4.96. The molecule has 0 saturated heterocycles. The summed E-state index contributed by atoms with van der Waals surface area (Å²) in [6.45, 7) is 0. The van der Waals surface area contributed by atoms with E-state index in [1.165, 1.54) is 11.1 Å². The largest absolute Gasteiger partial charge is 0.292 e. The Bertz CT molecular complexity index is 1210. The SMILES string of the molecule is c1ccc(-c2ccccc2-n2c(-c3ccccc3)nc3ccccc32)cc1. The molecule has 0 spiro atoms. The predicted molar refractivity (Wildman–Crippen MR) is 112 cm³/mol. The molecule has 5 aromatic rings. The Morgan fingerprint density at radius 1 is 0.519 bits per heavy atom. The van der Waals surface area contributed by atoms with E-state index in [0.717, 1.165) is 28.1 Å². The van der Waals surface area contributed by atoms with Gasteiger partial charge in [0.25, 0.3) is 0 Å². The third-order valence-electron chi connectivity index (χ3n) is 4.82. The molecule has 0 saturated carbocycles. The molecule has 0 atom stereocenters. The molecule has 1 aromatic heterocycles. The van der Waals surface area contributed by atoms with Gasteiger partial charge in [0.2, 0.25) is 0 Å². The van der Waals surface area contributed by atoms with Gasteiger partial charge < -0.3 is 0 Å². The van der Waals surface area contributed by atoms with Crippen LogP contribution in [0.4, 0.5) is 0 Å². The van der Waals surface area contributed by atoms with E-state index in [1.54, 1.807) is 0 Å². The lowest BCUT2D eigenvalue weighted by atomic mass is 10.0. The van der Waals surface area contributed by atoms with Crippen molar-refractivity contribution in [2.24, 2.45) is 0 Å². The van der Waals surface area contributed by atoms with Crippen LogP contribution in [0.5, 0.6) is 0 Å². The van der Waals surface area contributed by atoms with Gasteiger partial charge >= 0.3 is 0 Å². The predicted octanol–water partition coefficient (Wildman–Crippen LogP) is 6.36. The third-order valence-corrected chi connectivity index (χ3v) is 4.82. The van der Waals surface area contributed by atoms with E-state index >= 15 is 0 Å². The highest BCUT2D eigenvalue weighted by Gasteiger charge is 2.16. The average molecular weight is 346 g/mol. The lowest BCUT2D eigenvalue weighted by molar-refractivity contribution is 1.10. The van der Waals surface area contributed by atoms with Crippen molar-refractivity contribution in [3.05, 3.63) is 109 Å². The Kier molecular flexibility index (Phi) is 3.80. The minimum absolute atomic E-state index is 0.959. The normalized spacial score (nSPS) is 11.0. The molecule has 5 rings (SSSR count). The van der Waals surface area contributed by atoms with E-state index in [4.69, 9.17) is 4.98 Å². The van der Waals surface area contributed by atoms with E-state index in [1.807, 2.05) is 18.2 Å². The summed E-state index contributed by atoms with van der Waals surface area (Å²) in [5.41, 5.74) is 6.75. The Hall–Kier alpha value is -3.65. The van der Waals surface area contributed by atoms with Crippen LogP contribution >= 0.6 is 0 Å². The van der Waals surface area contributed by atoms with Gasteiger partial charge in [-0.1, -0.05) is 91.0 Å².